The SMILES string of the molecule is COC(=O)c1cc(C)cc(N2CCOCC2)c1. The molecule has 1 aromatic rings. The van der Waals surface area contributed by atoms with Crippen LogP contribution in [0, 0.1) is 6.92 Å². The quantitative estimate of drug-likeness (QED) is 0.730. The van der Waals surface area contributed by atoms with Gasteiger partial charge in [0.1, 0.15) is 0 Å². The zero-order chi connectivity index (χ0) is 12.3. The van der Waals surface area contributed by atoms with E-state index in [0.717, 1.165) is 37.6 Å². The second-order valence-electron chi connectivity index (χ2n) is 4.15. The monoisotopic (exact) mass is 235 g/mol. The summed E-state index contributed by atoms with van der Waals surface area (Å²) in [6.45, 7) is 5.19. The normalized spacial score (nSPS) is 15.8. The van der Waals surface area contributed by atoms with Gasteiger partial charge in [-0.15, -0.1) is 0 Å². The number of nitrogens with zero attached hydrogens (tertiary/aromatic N) is 1. The van der Waals surface area contributed by atoms with Gasteiger partial charge in [-0.3, -0.25) is 0 Å². The third kappa shape index (κ3) is 2.77. The first-order chi connectivity index (χ1) is 8.20. The summed E-state index contributed by atoms with van der Waals surface area (Å²) in [6.07, 6.45) is 0. The molecule has 0 atom stereocenters. The van der Waals surface area contributed by atoms with Gasteiger partial charge in [0, 0.05) is 18.8 Å². The Morgan fingerprint density at radius 3 is 2.65 bits per heavy atom. The molecule has 1 aliphatic rings. The van der Waals surface area contributed by atoms with Crippen LogP contribution in [0.25, 0.3) is 0 Å². The molecular weight excluding hydrogens is 218 g/mol. The molecule has 0 aliphatic carbocycles. The van der Waals surface area contributed by atoms with Gasteiger partial charge in [0.05, 0.1) is 25.9 Å². The number of anilines is 1. The highest BCUT2D eigenvalue weighted by molar-refractivity contribution is 5.90. The van der Waals surface area contributed by atoms with E-state index in [4.69, 9.17) is 9.47 Å². The molecule has 1 heterocycles. The third-order valence-corrected chi connectivity index (χ3v) is 2.86. The van der Waals surface area contributed by atoms with Gasteiger partial charge in [-0.25, -0.2) is 4.79 Å². The summed E-state index contributed by atoms with van der Waals surface area (Å²) in [5, 5.41) is 0. The summed E-state index contributed by atoms with van der Waals surface area (Å²) in [4.78, 5) is 13.8. The van der Waals surface area contributed by atoms with E-state index in [9.17, 15) is 4.79 Å². The molecule has 0 unspecified atom stereocenters. The van der Waals surface area contributed by atoms with Crippen LogP contribution >= 0.6 is 0 Å². The van der Waals surface area contributed by atoms with Gasteiger partial charge >= 0.3 is 5.97 Å². The topological polar surface area (TPSA) is 38.8 Å². The molecular formula is C13H17NO3. The first kappa shape index (κ1) is 11.9. The van der Waals surface area contributed by atoms with E-state index in [1.54, 1.807) is 0 Å². The molecule has 0 saturated carbocycles. The molecule has 0 spiro atoms. The molecule has 1 saturated heterocycles. The Morgan fingerprint density at radius 1 is 1.29 bits per heavy atom. The van der Waals surface area contributed by atoms with Gasteiger partial charge in [-0.05, 0) is 30.7 Å². The average molecular weight is 235 g/mol. The minimum atomic E-state index is -0.289. The molecule has 1 aromatic carbocycles. The highest BCUT2D eigenvalue weighted by Gasteiger charge is 2.14. The van der Waals surface area contributed by atoms with E-state index in [0.29, 0.717) is 5.56 Å². The van der Waals surface area contributed by atoms with Crippen molar-refractivity contribution in [3.8, 4) is 0 Å². The highest BCUT2D eigenvalue weighted by atomic mass is 16.5. The van der Waals surface area contributed by atoms with Crippen LogP contribution in [0.1, 0.15) is 15.9 Å². The Bertz CT molecular complexity index is 411. The van der Waals surface area contributed by atoms with Crippen LogP contribution in [0.15, 0.2) is 18.2 Å². The van der Waals surface area contributed by atoms with Crippen molar-refractivity contribution < 1.29 is 14.3 Å². The van der Waals surface area contributed by atoms with Crippen molar-refractivity contribution in [2.75, 3.05) is 38.3 Å². The first-order valence-electron chi connectivity index (χ1n) is 5.73. The number of esters is 1. The number of hydrogen-bond acceptors (Lipinski definition) is 4. The second-order valence-corrected chi connectivity index (χ2v) is 4.15. The van der Waals surface area contributed by atoms with Crippen LogP contribution in [0.3, 0.4) is 0 Å². The lowest BCUT2D eigenvalue weighted by molar-refractivity contribution is 0.0600. The molecule has 92 valence electrons. The van der Waals surface area contributed by atoms with Crippen molar-refractivity contribution in [2.45, 2.75) is 6.92 Å². The molecule has 0 bridgehead atoms. The van der Waals surface area contributed by atoms with Crippen LogP contribution in [-0.2, 0) is 9.47 Å². The lowest BCUT2D eigenvalue weighted by Crippen LogP contribution is -2.36. The fraction of sp³-hybridized carbons (Fsp3) is 0.462. The summed E-state index contributed by atoms with van der Waals surface area (Å²) < 4.78 is 10.1. The van der Waals surface area contributed by atoms with E-state index in [-0.39, 0.29) is 5.97 Å². The van der Waals surface area contributed by atoms with E-state index in [2.05, 4.69) is 11.0 Å². The van der Waals surface area contributed by atoms with Gasteiger partial charge in [0.25, 0.3) is 0 Å². The Morgan fingerprint density at radius 2 is 2.00 bits per heavy atom. The van der Waals surface area contributed by atoms with Crippen molar-refractivity contribution in [2.24, 2.45) is 0 Å². The number of aryl methyl sites for hydroxylation is 1. The van der Waals surface area contributed by atoms with E-state index >= 15 is 0 Å². The lowest BCUT2D eigenvalue weighted by atomic mass is 10.1. The van der Waals surface area contributed by atoms with Crippen molar-refractivity contribution in [1.29, 1.82) is 0 Å². The van der Waals surface area contributed by atoms with E-state index < -0.39 is 0 Å². The Hall–Kier alpha value is -1.55. The van der Waals surface area contributed by atoms with Crippen LogP contribution in [0.5, 0.6) is 0 Å². The second kappa shape index (κ2) is 5.19. The van der Waals surface area contributed by atoms with Crippen LogP contribution in [-0.4, -0.2) is 39.4 Å². The van der Waals surface area contributed by atoms with Gasteiger partial charge in [-0.2, -0.15) is 0 Å². The summed E-state index contributed by atoms with van der Waals surface area (Å²) in [5.41, 5.74) is 2.73. The zero-order valence-corrected chi connectivity index (χ0v) is 10.2. The molecule has 0 radical (unpaired) electrons. The van der Waals surface area contributed by atoms with Gasteiger partial charge in [-0.1, -0.05) is 0 Å². The van der Waals surface area contributed by atoms with Gasteiger partial charge < -0.3 is 14.4 Å². The van der Waals surface area contributed by atoms with Crippen molar-refractivity contribution in [3.05, 3.63) is 29.3 Å². The fourth-order valence-electron chi connectivity index (χ4n) is 2.00. The van der Waals surface area contributed by atoms with E-state index in [1.807, 2.05) is 19.1 Å². The lowest BCUT2D eigenvalue weighted by Gasteiger charge is -2.29. The Balaban J connectivity index is 2.27. The number of rotatable bonds is 2. The van der Waals surface area contributed by atoms with Crippen LogP contribution in [0.2, 0.25) is 0 Å². The summed E-state index contributed by atoms with van der Waals surface area (Å²) in [6, 6.07) is 5.80. The molecule has 0 aromatic heterocycles. The highest BCUT2D eigenvalue weighted by Crippen LogP contribution is 2.20. The minimum Gasteiger partial charge on any atom is -0.465 e. The molecule has 4 nitrogen and oxygen atoms in total. The summed E-state index contributed by atoms with van der Waals surface area (Å²) >= 11 is 0. The maximum absolute atomic E-state index is 11.5. The zero-order valence-electron chi connectivity index (χ0n) is 10.2. The Labute approximate surface area is 101 Å². The molecule has 0 amide bonds. The number of carbonyl (C=O) groups excluding carboxylic acids is 1. The summed E-state index contributed by atoms with van der Waals surface area (Å²) in [7, 11) is 1.40. The maximum atomic E-state index is 11.5. The minimum absolute atomic E-state index is 0.289. The van der Waals surface area contributed by atoms with Crippen LogP contribution < -0.4 is 4.90 Å². The first-order valence-corrected chi connectivity index (χ1v) is 5.73. The molecule has 17 heavy (non-hydrogen) atoms. The number of morpholine rings is 1. The number of methoxy groups -OCH3 is 1. The molecule has 0 N–H and O–H groups in total. The fourth-order valence-corrected chi connectivity index (χ4v) is 2.00. The number of carbonyl (C=O) groups is 1. The largest absolute Gasteiger partial charge is 0.465 e. The van der Waals surface area contributed by atoms with E-state index in [1.165, 1.54) is 7.11 Å². The third-order valence-electron chi connectivity index (χ3n) is 2.86. The molecule has 4 heteroatoms. The number of hydrogen-bond donors (Lipinski definition) is 0. The number of ether oxygens (including phenoxy) is 2. The standard InChI is InChI=1S/C13H17NO3/c1-10-7-11(13(15)16-2)9-12(8-10)14-3-5-17-6-4-14/h7-9H,3-6H2,1-2H3. The molecule has 1 fully saturated rings. The predicted octanol–water partition coefficient (Wildman–Crippen LogP) is 1.62. The predicted molar refractivity (Wildman–Crippen MR) is 65.6 cm³/mol. The average Bonchev–Trinajstić information content (AvgIpc) is 2.38. The number of benzene rings is 1. The molecule has 1 aliphatic heterocycles. The van der Waals surface area contributed by atoms with Crippen molar-refractivity contribution in [3.63, 3.8) is 0 Å². The van der Waals surface area contributed by atoms with Crippen molar-refractivity contribution in [1.82, 2.24) is 0 Å². The summed E-state index contributed by atoms with van der Waals surface area (Å²) in [5.74, 6) is -0.289. The van der Waals surface area contributed by atoms with Crippen molar-refractivity contribution >= 4 is 11.7 Å². The van der Waals surface area contributed by atoms with Crippen LogP contribution in [0.4, 0.5) is 5.69 Å². The van der Waals surface area contributed by atoms with Gasteiger partial charge in [0.2, 0.25) is 0 Å². The maximum Gasteiger partial charge on any atom is 0.337 e. The van der Waals surface area contributed by atoms with Gasteiger partial charge in [0.15, 0.2) is 0 Å². The molecule has 2 rings (SSSR count). The smallest absolute Gasteiger partial charge is 0.337 e. The Kier molecular flexibility index (Phi) is 3.64.